The number of hydrogen-bond acceptors (Lipinski definition) is 6. The van der Waals surface area contributed by atoms with Crippen LogP contribution in [0.15, 0.2) is 24.3 Å². The number of carbonyl (C=O) groups is 2. The first-order chi connectivity index (χ1) is 14.0. The lowest BCUT2D eigenvalue weighted by Crippen LogP contribution is -2.47. The molecule has 0 aliphatic carbocycles. The summed E-state index contributed by atoms with van der Waals surface area (Å²) in [4.78, 5) is 43.2. The van der Waals surface area contributed by atoms with E-state index in [4.69, 9.17) is 0 Å². The Morgan fingerprint density at radius 2 is 1.83 bits per heavy atom. The Labute approximate surface area is 170 Å². The van der Waals surface area contributed by atoms with Crippen molar-refractivity contribution in [2.45, 2.75) is 31.7 Å². The molecule has 0 bridgehead atoms. The molecule has 3 heterocycles. The quantitative estimate of drug-likeness (QED) is 0.411. The lowest BCUT2D eigenvalue weighted by atomic mass is 10.0. The Bertz CT molecular complexity index is 769. The Hall–Kier alpha value is -2.68. The van der Waals surface area contributed by atoms with Crippen molar-refractivity contribution >= 4 is 23.3 Å². The molecule has 0 radical (unpaired) electrons. The van der Waals surface area contributed by atoms with E-state index in [1.54, 1.807) is 17.0 Å². The summed E-state index contributed by atoms with van der Waals surface area (Å²) >= 11 is 0. The van der Waals surface area contributed by atoms with Crippen LogP contribution in [0.5, 0.6) is 0 Å². The highest BCUT2D eigenvalue weighted by Crippen LogP contribution is 2.27. The average molecular weight is 401 g/mol. The summed E-state index contributed by atoms with van der Waals surface area (Å²) < 4.78 is 0. The minimum Gasteiger partial charge on any atom is -0.369 e. The third kappa shape index (κ3) is 4.05. The number of non-ortho nitro benzene ring substituents is 1. The molecule has 156 valence electrons. The van der Waals surface area contributed by atoms with Crippen LogP contribution in [0, 0.1) is 10.1 Å². The van der Waals surface area contributed by atoms with Gasteiger partial charge in [-0.15, -0.1) is 0 Å². The number of nitro groups is 1. The summed E-state index contributed by atoms with van der Waals surface area (Å²) in [5.74, 6) is -0.0230. The molecule has 3 saturated heterocycles. The van der Waals surface area contributed by atoms with Crippen molar-refractivity contribution in [3.05, 3.63) is 34.4 Å². The SMILES string of the molecule is O=C1[C@H]2CCCCN2C(=O)N1CCCN1CCN(c2cccc([N+](=O)[O-])c2)CC1. The van der Waals surface area contributed by atoms with Crippen molar-refractivity contribution < 1.29 is 14.5 Å². The molecule has 3 amide bonds. The van der Waals surface area contributed by atoms with Gasteiger partial charge in [-0.2, -0.15) is 0 Å². The van der Waals surface area contributed by atoms with Crippen LogP contribution < -0.4 is 4.90 Å². The molecule has 1 aromatic rings. The molecule has 1 aromatic carbocycles. The van der Waals surface area contributed by atoms with E-state index in [9.17, 15) is 19.7 Å². The first kappa shape index (κ1) is 19.6. The Morgan fingerprint density at radius 1 is 1.03 bits per heavy atom. The second-order valence-electron chi connectivity index (χ2n) is 7.94. The van der Waals surface area contributed by atoms with Gasteiger partial charge in [-0.25, -0.2) is 4.79 Å². The van der Waals surface area contributed by atoms with E-state index >= 15 is 0 Å². The minimum atomic E-state index is -0.368. The van der Waals surface area contributed by atoms with Gasteiger partial charge in [-0.1, -0.05) is 6.07 Å². The highest BCUT2D eigenvalue weighted by Gasteiger charge is 2.45. The maximum atomic E-state index is 12.5. The molecule has 0 N–H and O–H groups in total. The fraction of sp³-hybridized carbons (Fsp3) is 0.600. The van der Waals surface area contributed by atoms with Gasteiger partial charge in [0.2, 0.25) is 0 Å². The Morgan fingerprint density at radius 3 is 2.55 bits per heavy atom. The highest BCUT2D eigenvalue weighted by molar-refractivity contribution is 6.04. The number of imide groups is 1. The smallest absolute Gasteiger partial charge is 0.327 e. The van der Waals surface area contributed by atoms with Crippen LogP contribution in [0.2, 0.25) is 0 Å². The first-order valence-corrected chi connectivity index (χ1v) is 10.4. The number of nitro benzene ring substituents is 1. The third-order valence-electron chi connectivity index (χ3n) is 6.16. The summed E-state index contributed by atoms with van der Waals surface area (Å²) in [6.45, 7) is 5.35. The predicted octanol–water partition coefficient (Wildman–Crippen LogP) is 1.92. The van der Waals surface area contributed by atoms with Crippen LogP contribution in [-0.2, 0) is 4.79 Å². The summed E-state index contributed by atoms with van der Waals surface area (Å²) in [5, 5.41) is 11.0. The molecule has 0 unspecified atom stereocenters. The van der Waals surface area contributed by atoms with Gasteiger partial charge < -0.3 is 9.80 Å². The van der Waals surface area contributed by atoms with E-state index in [1.807, 2.05) is 6.07 Å². The topological polar surface area (TPSA) is 90.2 Å². The predicted molar refractivity (Wildman–Crippen MR) is 108 cm³/mol. The van der Waals surface area contributed by atoms with Gasteiger partial charge in [0.15, 0.2) is 0 Å². The molecular formula is C20H27N5O4. The Balaban J connectivity index is 1.23. The number of piperazine rings is 1. The number of carbonyl (C=O) groups excluding carboxylic acids is 2. The maximum Gasteiger partial charge on any atom is 0.327 e. The molecule has 9 heteroatoms. The van der Waals surface area contributed by atoms with Crippen LogP contribution in [0.1, 0.15) is 25.7 Å². The zero-order chi connectivity index (χ0) is 20.4. The van der Waals surface area contributed by atoms with Gasteiger partial charge in [0.25, 0.3) is 11.6 Å². The lowest BCUT2D eigenvalue weighted by Gasteiger charge is -2.36. The number of fused-ring (bicyclic) bond motifs is 1. The van der Waals surface area contributed by atoms with Gasteiger partial charge in [0.1, 0.15) is 6.04 Å². The number of nitrogens with zero attached hydrogens (tertiary/aromatic N) is 5. The second-order valence-corrected chi connectivity index (χ2v) is 7.94. The van der Waals surface area contributed by atoms with Gasteiger partial charge >= 0.3 is 6.03 Å². The van der Waals surface area contributed by atoms with E-state index in [-0.39, 0.29) is 28.6 Å². The summed E-state index contributed by atoms with van der Waals surface area (Å²) in [5.41, 5.74) is 0.991. The monoisotopic (exact) mass is 401 g/mol. The van der Waals surface area contributed by atoms with Crippen molar-refractivity contribution in [3.63, 3.8) is 0 Å². The molecule has 0 saturated carbocycles. The molecular weight excluding hydrogens is 374 g/mol. The van der Waals surface area contributed by atoms with Crippen molar-refractivity contribution in [1.29, 1.82) is 0 Å². The molecule has 1 atom stereocenters. The number of piperidine rings is 1. The Kier molecular flexibility index (Phi) is 5.66. The van der Waals surface area contributed by atoms with Gasteiger partial charge in [-0.05, 0) is 38.3 Å². The number of amides is 3. The van der Waals surface area contributed by atoms with E-state index < -0.39 is 0 Å². The minimum absolute atomic E-state index is 0.0230. The fourth-order valence-corrected chi connectivity index (χ4v) is 4.54. The van der Waals surface area contributed by atoms with Crippen LogP contribution in [-0.4, -0.2) is 83.4 Å². The van der Waals surface area contributed by atoms with Crippen LogP contribution in [0.4, 0.5) is 16.2 Å². The first-order valence-electron chi connectivity index (χ1n) is 10.4. The van der Waals surface area contributed by atoms with Gasteiger partial charge in [0.05, 0.1) is 4.92 Å². The van der Waals surface area contributed by atoms with Crippen molar-refractivity contribution in [2.75, 3.05) is 50.7 Å². The highest BCUT2D eigenvalue weighted by atomic mass is 16.6. The maximum absolute atomic E-state index is 12.5. The summed E-state index contributed by atoms with van der Waals surface area (Å²) in [7, 11) is 0. The lowest BCUT2D eigenvalue weighted by molar-refractivity contribution is -0.384. The third-order valence-corrected chi connectivity index (χ3v) is 6.16. The second kappa shape index (κ2) is 8.36. The molecule has 0 spiro atoms. The van der Waals surface area contributed by atoms with Gasteiger partial charge in [0, 0.05) is 57.1 Å². The number of benzene rings is 1. The van der Waals surface area contributed by atoms with Crippen LogP contribution >= 0.6 is 0 Å². The standard InChI is InChI=1S/C20H27N5O4/c26-19-18-7-1-2-9-23(18)20(27)24(19)10-4-8-21-11-13-22(14-12-21)16-5-3-6-17(15-16)25(28)29/h3,5-6,15,18H,1-2,4,7-14H2/t18-/m1/s1. The number of anilines is 1. The number of rotatable bonds is 6. The fourth-order valence-electron chi connectivity index (χ4n) is 4.54. The molecule has 3 aliphatic heterocycles. The van der Waals surface area contributed by atoms with Crippen molar-refractivity contribution in [2.24, 2.45) is 0 Å². The largest absolute Gasteiger partial charge is 0.369 e. The number of urea groups is 1. The molecule has 3 aliphatic rings. The van der Waals surface area contributed by atoms with E-state index in [0.717, 1.165) is 64.1 Å². The molecule has 4 rings (SSSR count). The zero-order valence-electron chi connectivity index (χ0n) is 16.5. The van der Waals surface area contributed by atoms with E-state index in [2.05, 4.69) is 9.80 Å². The summed E-state index contributed by atoms with van der Waals surface area (Å²) in [6, 6.07) is 6.41. The van der Waals surface area contributed by atoms with Crippen LogP contribution in [0.3, 0.4) is 0 Å². The van der Waals surface area contributed by atoms with E-state index in [1.165, 1.54) is 11.0 Å². The van der Waals surface area contributed by atoms with Crippen molar-refractivity contribution in [1.82, 2.24) is 14.7 Å². The molecule has 29 heavy (non-hydrogen) atoms. The van der Waals surface area contributed by atoms with E-state index in [0.29, 0.717) is 13.1 Å². The average Bonchev–Trinajstić information content (AvgIpc) is 2.99. The molecule has 0 aromatic heterocycles. The van der Waals surface area contributed by atoms with Gasteiger partial charge in [-0.3, -0.25) is 24.7 Å². The number of hydrogen-bond donors (Lipinski definition) is 0. The molecule has 3 fully saturated rings. The molecule has 9 nitrogen and oxygen atoms in total. The van der Waals surface area contributed by atoms with Crippen LogP contribution in [0.25, 0.3) is 0 Å². The summed E-state index contributed by atoms with van der Waals surface area (Å²) in [6.07, 6.45) is 3.57. The zero-order valence-corrected chi connectivity index (χ0v) is 16.5. The van der Waals surface area contributed by atoms with Crippen molar-refractivity contribution in [3.8, 4) is 0 Å². The normalized spacial score (nSPS) is 22.9.